The second-order valence-electron chi connectivity index (χ2n) is 4.68. The van der Waals surface area contributed by atoms with Gasteiger partial charge in [-0.25, -0.2) is 0 Å². The van der Waals surface area contributed by atoms with E-state index in [0.29, 0.717) is 6.54 Å². The first-order valence-electron chi connectivity index (χ1n) is 6.46. The lowest BCUT2D eigenvalue weighted by Gasteiger charge is -2.20. The van der Waals surface area contributed by atoms with Gasteiger partial charge in [-0.15, -0.1) is 0 Å². The van der Waals surface area contributed by atoms with E-state index in [1.807, 2.05) is 6.92 Å². The molecule has 7 heteroatoms. The summed E-state index contributed by atoms with van der Waals surface area (Å²) in [6, 6.07) is 3.02. The molecule has 6 nitrogen and oxygen atoms in total. The Morgan fingerprint density at radius 1 is 1.55 bits per heavy atom. The third-order valence-corrected chi connectivity index (χ3v) is 3.65. The lowest BCUT2D eigenvalue weighted by Crippen LogP contribution is -2.32. The normalized spacial score (nSPS) is 13.9. The molecule has 0 radical (unpaired) electrons. The number of nitro groups is 1. The van der Waals surface area contributed by atoms with E-state index in [1.165, 1.54) is 12.1 Å². The molecule has 0 spiro atoms. The predicted octanol–water partition coefficient (Wildman–Crippen LogP) is 2.91. The Bertz CT molecular complexity index is 558. The number of nitrogens with one attached hydrogen (secondary N) is 1. The van der Waals surface area contributed by atoms with Crippen molar-refractivity contribution in [2.24, 2.45) is 0 Å². The Morgan fingerprint density at radius 3 is 2.65 bits per heavy atom. The lowest BCUT2D eigenvalue weighted by atomic mass is 10.1. The van der Waals surface area contributed by atoms with E-state index in [2.05, 4.69) is 5.32 Å². The second kappa shape index (κ2) is 5.66. The first-order valence-corrected chi connectivity index (χ1v) is 6.84. The van der Waals surface area contributed by atoms with Crippen molar-refractivity contribution in [3.8, 4) is 0 Å². The highest BCUT2D eigenvalue weighted by Gasteiger charge is 2.33. The summed E-state index contributed by atoms with van der Waals surface area (Å²) in [4.78, 5) is 24.7. The van der Waals surface area contributed by atoms with Crippen molar-refractivity contribution in [2.45, 2.75) is 25.8 Å². The molecule has 0 saturated heterocycles. The van der Waals surface area contributed by atoms with E-state index in [-0.39, 0.29) is 33.9 Å². The van der Waals surface area contributed by atoms with Crippen LogP contribution in [0.5, 0.6) is 0 Å². The van der Waals surface area contributed by atoms with Crippen LogP contribution in [0.3, 0.4) is 0 Å². The molecule has 1 saturated carbocycles. The molecular weight excluding hydrogens is 282 g/mol. The third-order valence-electron chi connectivity index (χ3n) is 3.35. The minimum Gasteiger partial charge on any atom is -0.381 e. The van der Waals surface area contributed by atoms with E-state index in [4.69, 9.17) is 11.6 Å². The SMILES string of the molecule is CCN(C(=O)c1cc(Cl)c(NC)c([N+](=O)[O-])c1)C1CC1. The Morgan fingerprint density at radius 2 is 2.20 bits per heavy atom. The van der Waals surface area contributed by atoms with Crippen LogP contribution in [0.1, 0.15) is 30.1 Å². The van der Waals surface area contributed by atoms with Gasteiger partial charge in [0.05, 0.1) is 9.95 Å². The number of carbonyl (C=O) groups is 1. The van der Waals surface area contributed by atoms with E-state index < -0.39 is 4.92 Å². The molecule has 2 rings (SSSR count). The summed E-state index contributed by atoms with van der Waals surface area (Å²) in [5.74, 6) is -0.206. The van der Waals surface area contributed by atoms with Crippen LogP contribution < -0.4 is 5.32 Å². The predicted molar refractivity (Wildman–Crippen MR) is 77.4 cm³/mol. The molecule has 0 heterocycles. The Hall–Kier alpha value is -1.82. The van der Waals surface area contributed by atoms with E-state index in [1.54, 1.807) is 11.9 Å². The molecule has 0 unspecified atom stereocenters. The molecule has 20 heavy (non-hydrogen) atoms. The van der Waals surface area contributed by atoms with E-state index in [9.17, 15) is 14.9 Å². The standard InChI is InChI=1S/C13H16ClN3O3/c1-3-16(9-4-5-9)13(18)8-6-10(14)12(15-2)11(7-8)17(19)20/h6-7,9,15H,3-5H2,1-2H3. The average Bonchev–Trinajstić information content (AvgIpc) is 3.23. The highest BCUT2D eigenvalue weighted by atomic mass is 35.5. The molecule has 0 aliphatic heterocycles. The molecule has 0 bridgehead atoms. The second-order valence-corrected chi connectivity index (χ2v) is 5.09. The lowest BCUT2D eigenvalue weighted by molar-refractivity contribution is -0.384. The molecule has 1 aliphatic carbocycles. The summed E-state index contributed by atoms with van der Waals surface area (Å²) < 4.78 is 0. The van der Waals surface area contributed by atoms with Crippen LogP contribution in [0.25, 0.3) is 0 Å². The average molecular weight is 298 g/mol. The van der Waals surface area contributed by atoms with Gasteiger partial charge in [0.25, 0.3) is 11.6 Å². The summed E-state index contributed by atoms with van der Waals surface area (Å²) in [6.45, 7) is 2.48. The number of hydrogen-bond donors (Lipinski definition) is 1. The van der Waals surface area contributed by atoms with Crippen LogP contribution in [-0.4, -0.2) is 35.4 Å². The van der Waals surface area contributed by atoms with Gasteiger partial charge < -0.3 is 10.2 Å². The zero-order valence-electron chi connectivity index (χ0n) is 11.4. The minimum atomic E-state index is -0.540. The number of rotatable bonds is 5. The van der Waals surface area contributed by atoms with Crippen LogP contribution in [0.4, 0.5) is 11.4 Å². The topological polar surface area (TPSA) is 75.5 Å². The van der Waals surface area contributed by atoms with E-state index in [0.717, 1.165) is 12.8 Å². The minimum absolute atomic E-state index is 0.178. The molecule has 1 fully saturated rings. The zero-order valence-corrected chi connectivity index (χ0v) is 12.1. The molecule has 1 aromatic carbocycles. The maximum Gasteiger partial charge on any atom is 0.294 e. The van der Waals surface area contributed by atoms with Gasteiger partial charge in [-0.2, -0.15) is 0 Å². The highest BCUT2D eigenvalue weighted by molar-refractivity contribution is 6.34. The van der Waals surface area contributed by atoms with Crippen molar-refractivity contribution in [3.63, 3.8) is 0 Å². The van der Waals surface area contributed by atoms with Crippen molar-refractivity contribution < 1.29 is 9.72 Å². The smallest absolute Gasteiger partial charge is 0.294 e. The zero-order chi connectivity index (χ0) is 14.9. The quantitative estimate of drug-likeness (QED) is 0.670. The van der Waals surface area contributed by atoms with Crippen molar-refractivity contribution >= 4 is 28.9 Å². The number of nitrogens with zero attached hydrogens (tertiary/aromatic N) is 2. The van der Waals surface area contributed by atoms with Crippen LogP contribution in [0, 0.1) is 10.1 Å². The molecule has 0 atom stereocenters. The number of anilines is 1. The van der Waals surface area contributed by atoms with Gasteiger partial charge in [-0.1, -0.05) is 11.6 Å². The van der Waals surface area contributed by atoms with Crippen molar-refractivity contribution in [3.05, 3.63) is 32.8 Å². The first kappa shape index (κ1) is 14.6. The fraction of sp³-hybridized carbons (Fsp3) is 0.462. The van der Waals surface area contributed by atoms with Crippen LogP contribution in [0.2, 0.25) is 5.02 Å². The van der Waals surface area contributed by atoms with Gasteiger partial charge in [0.2, 0.25) is 0 Å². The maximum absolute atomic E-state index is 12.4. The van der Waals surface area contributed by atoms with Crippen LogP contribution >= 0.6 is 11.6 Å². The summed E-state index contributed by atoms with van der Waals surface area (Å²) in [5.41, 5.74) is 0.298. The fourth-order valence-electron chi connectivity index (χ4n) is 2.23. The molecule has 1 aliphatic rings. The summed E-state index contributed by atoms with van der Waals surface area (Å²) >= 11 is 6.03. The summed E-state index contributed by atoms with van der Waals surface area (Å²) in [6.07, 6.45) is 1.98. The molecule has 1 aromatic rings. The molecule has 1 amide bonds. The number of nitro benzene ring substituents is 1. The number of halogens is 1. The number of carbonyl (C=O) groups excluding carboxylic acids is 1. The maximum atomic E-state index is 12.4. The Balaban J connectivity index is 2.41. The van der Waals surface area contributed by atoms with Gasteiger partial charge in [-0.3, -0.25) is 14.9 Å². The number of benzene rings is 1. The molecular formula is C13H16ClN3O3. The largest absolute Gasteiger partial charge is 0.381 e. The number of hydrogen-bond acceptors (Lipinski definition) is 4. The molecule has 1 N–H and O–H groups in total. The third kappa shape index (κ3) is 2.70. The monoisotopic (exact) mass is 297 g/mol. The van der Waals surface area contributed by atoms with Crippen LogP contribution in [-0.2, 0) is 0 Å². The Kier molecular flexibility index (Phi) is 4.13. The van der Waals surface area contributed by atoms with Gasteiger partial charge in [-0.05, 0) is 25.8 Å². The van der Waals surface area contributed by atoms with Crippen LogP contribution in [0.15, 0.2) is 12.1 Å². The first-order chi connectivity index (χ1) is 9.49. The van der Waals surface area contributed by atoms with Crippen molar-refractivity contribution in [2.75, 3.05) is 18.9 Å². The van der Waals surface area contributed by atoms with Gasteiger partial charge in [0.15, 0.2) is 0 Å². The molecule has 0 aromatic heterocycles. The van der Waals surface area contributed by atoms with Crippen molar-refractivity contribution in [1.82, 2.24) is 4.90 Å². The summed E-state index contributed by atoms with van der Waals surface area (Å²) in [7, 11) is 1.55. The van der Waals surface area contributed by atoms with Gasteiger partial charge in [0, 0.05) is 31.3 Å². The number of amides is 1. The van der Waals surface area contributed by atoms with Gasteiger partial charge >= 0.3 is 0 Å². The van der Waals surface area contributed by atoms with Gasteiger partial charge in [0.1, 0.15) is 5.69 Å². The van der Waals surface area contributed by atoms with E-state index >= 15 is 0 Å². The van der Waals surface area contributed by atoms with Crippen molar-refractivity contribution in [1.29, 1.82) is 0 Å². The summed E-state index contributed by atoms with van der Waals surface area (Å²) in [5, 5.41) is 13.9. The molecule has 108 valence electrons. The highest BCUT2D eigenvalue weighted by Crippen LogP contribution is 2.35. The Labute approximate surface area is 121 Å². The fourth-order valence-corrected chi connectivity index (χ4v) is 2.54.